The third kappa shape index (κ3) is 6.98. The van der Waals surface area contributed by atoms with E-state index in [0.29, 0.717) is 16.1 Å². The summed E-state index contributed by atoms with van der Waals surface area (Å²) in [4.78, 5) is 28.1. The Labute approximate surface area is 218 Å². The van der Waals surface area contributed by atoms with Crippen LogP contribution in [0.2, 0.25) is 5.02 Å². The standard InChI is InChI=1S/C27H32ClN3O4S/c1-19(26(33)29-27(2,3)4)30(17-20-10-8-13-22(28)16-20)25(32)18-31(36(5,34)35)24-15-9-12-21-11-6-7-14-23(21)24/h6-16,19H,17-18H2,1-5H3,(H,29,33)/t19-/m1/s1. The molecule has 192 valence electrons. The number of nitrogens with zero attached hydrogens (tertiary/aromatic N) is 2. The summed E-state index contributed by atoms with van der Waals surface area (Å²) in [6.45, 7) is 6.82. The predicted molar refractivity (Wildman–Crippen MR) is 145 cm³/mol. The highest BCUT2D eigenvalue weighted by molar-refractivity contribution is 7.92. The molecule has 3 aromatic carbocycles. The molecule has 1 atom stereocenters. The molecule has 0 aromatic heterocycles. The molecule has 0 aliphatic heterocycles. The zero-order chi connectivity index (χ0) is 26.7. The van der Waals surface area contributed by atoms with E-state index < -0.39 is 34.1 Å². The molecule has 0 aliphatic carbocycles. The van der Waals surface area contributed by atoms with Gasteiger partial charge in [-0.2, -0.15) is 0 Å². The summed E-state index contributed by atoms with van der Waals surface area (Å²) in [5.74, 6) is -0.848. The number of rotatable bonds is 8. The maximum Gasteiger partial charge on any atom is 0.244 e. The van der Waals surface area contributed by atoms with Crippen molar-refractivity contribution < 1.29 is 18.0 Å². The number of hydrogen-bond donors (Lipinski definition) is 1. The Balaban J connectivity index is 2.00. The molecule has 0 heterocycles. The van der Waals surface area contributed by atoms with Crippen LogP contribution in [0, 0.1) is 0 Å². The fourth-order valence-electron chi connectivity index (χ4n) is 3.91. The summed E-state index contributed by atoms with van der Waals surface area (Å²) in [6.07, 6.45) is 1.07. The fraction of sp³-hybridized carbons (Fsp3) is 0.333. The van der Waals surface area contributed by atoms with Crippen LogP contribution in [0.15, 0.2) is 66.7 Å². The van der Waals surface area contributed by atoms with Gasteiger partial charge in [0.1, 0.15) is 12.6 Å². The van der Waals surface area contributed by atoms with E-state index in [-0.39, 0.29) is 12.5 Å². The average Bonchev–Trinajstić information content (AvgIpc) is 2.78. The van der Waals surface area contributed by atoms with E-state index in [0.717, 1.165) is 21.5 Å². The van der Waals surface area contributed by atoms with E-state index in [1.54, 1.807) is 43.3 Å². The first-order chi connectivity index (χ1) is 16.8. The van der Waals surface area contributed by atoms with Gasteiger partial charge >= 0.3 is 0 Å². The number of halogens is 1. The van der Waals surface area contributed by atoms with Gasteiger partial charge in [0.15, 0.2) is 0 Å². The van der Waals surface area contributed by atoms with Gasteiger partial charge in [0.25, 0.3) is 0 Å². The van der Waals surface area contributed by atoms with Gasteiger partial charge < -0.3 is 10.2 Å². The summed E-state index contributed by atoms with van der Waals surface area (Å²) in [5, 5.41) is 4.96. The molecular formula is C27H32ClN3O4S. The minimum absolute atomic E-state index is 0.0886. The number of sulfonamides is 1. The van der Waals surface area contributed by atoms with Gasteiger partial charge in [-0.25, -0.2) is 8.42 Å². The van der Waals surface area contributed by atoms with Crippen LogP contribution >= 0.6 is 11.6 Å². The Bertz CT molecular complexity index is 1360. The molecule has 3 aromatic rings. The lowest BCUT2D eigenvalue weighted by atomic mass is 10.1. The molecule has 36 heavy (non-hydrogen) atoms. The van der Waals surface area contributed by atoms with E-state index >= 15 is 0 Å². The first-order valence-corrected chi connectivity index (χ1v) is 13.8. The molecule has 7 nitrogen and oxygen atoms in total. The van der Waals surface area contributed by atoms with E-state index in [9.17, 15) is 18.0 Å². The van der Waals surface area contributed by atoms with E-state index in [2.05, 4.69) is 5.32 Å². The topological polar surface area (TPSA) is 86.8 Å². The van der Waals surface area contributed by atoms with Crippen LogP contribution in [-0.2, 0) is 26.2 Å². The molecule has 1 N–H and O–H groups in total. The Hall–Kier alpha value is -3.10. The summed E-state index contributed by atoms with van der Waals surface area (Å²) >= 11 is 6.15. The second-order valence-electron chi connectivity index (χ2n) is 9.83. The van der Waals surface area contributed by atoms with Gasteiger partial charge in [-0.05, 0) is 56.8 Å². The van der Waals surface area contributed by atoms with Crippen molar-refractivity contribution in [2.75, 3.05) is 17.1 Å². The molecule has 0 bridgehead atoms. The molecule has 0 aliphatic rings. The first kappa shape index (κ1) is 27.5. The van der Waals surface area contributed by atoms with Gasteiger partial charge in [-0.3, -0.25) is 13.9 Å². The van der Waals surface area contributed by atoms with Crippen LogP contribution in [0.3, 0.4) is 0 Å². The number of carbonyl (C=O) groups is 2. The van der Waals surface area contributed by atoms with Crippen LogP contribution in [-0.4, -0.2) is 49.5 Å². The second kappa shape index (κ2) is 10.9. The van der Waals surface area contributed by atoms with Crippen molar-refractivity contribution in [3.63, 3.8) is 0 Å². The molecule has 0 spiro atoms. The third-order valence-electron chi connectivity index (χ3n) is 5.62. The van der Waals surface area contributed by atoms with Gasteiger partial charge in [0.05, 0.1) is 11.9 Å². The number of benzene rings is 3. The minimum Gasteiger partial charge on any atom is -0.350 e. The number of hydrogen-bond acceptors (Lipinski definition) is 4. The highest BCUT2D eigenvalue weighted by atomic mass is 35.5. The van der Waals surface area contributed by atoms with Crippen LogP contribution in [0.25, 0.3) is 10.8 Å². The Morgan fingerprint density at radius 2 is 1.64 bits per heavy atom. The lowest BCUT2D eigenvalue weighted by Gasteiger charge is -2.33. The van der Waals surface area contributed by atoms with Gasteiger partial charge in [-0.1, -0.05) is 60.1 Å². The van der Waals surface area contributed by atoms with Crippen molar-refractivity contribution >= 4 is 49.9 Å². The van der Waals surface area contributed by atoms with Crippen molar-refractivity contribution in [2.45, 2.75) is 45.8 Å². The van der Waals surface area contributed by atoms with Gasteiger partial charge in [-0.15, -0.1) is 0 Å². The normalized spacial score (nSPS) is 12.7. The fourth-order valence-corrected chi connectivity index (χ4v) is 4.98. The van der Waals surface area contributed by atoms with Crippen molar-refractivity contribution in [1.29, 1.82) is 0 Å². The smallest absolute Gasteiger partial charge is 0.244 e. The SMILES string of the molecule is C[C@H](C(=O)NC(C)(C)C)N(Cc1cccc(Cl)c1)C(=O)CN(c1cccc2ccccc12)S(C)(=O)=O. The van der Waals surface area contributed by atoms with Crippen molar-refractivity contribution in [1.82, 2.24) is 10.2 Å². The zero-order valence-electron chi connectivity index (χ0n) is 21.2. The minimum atomic E-state index is -3.83. The molecule has 0 saturated carbocycles. The quantitative estimate of drug-likeness (QED) is 0.462. The highest BCUT2D eigenvalue weighted by Gasteiger charge is 2.31. The molecule has 0 saturated heterocycles. The average molecular weight is 530 g/mol. The van der Waals surface area contributed by atoms with Crippen LogP contribution in [0.5, 0.6) is 0 Å². The number of fused-ring (bicyclic) bond motifs is 1. The second-order valence-corrected chi connectivity index (χ2v) is 12.2. The largest absolute Gasteiger partial charge is 0.350 e. The molecule has 9 heteroatoms. The zero-order valence-corrected chi connectivity index (χ0v) is 22.7. The predicted octanol–water partition coefficient (Wildman–Crippen LogP) is 4.59. The summed E-state index contributed by atoms with van der Waals surface area (Å²) < 4.78 is 26.9. The Morgan fingerprint density at radius 1 is 1.00 bits per heavy atom. The molecule has 0 radical (unpaired) electrons. The lowest BCUT2D eigenvalue weighted by Crippen LogP contribution is -2.54. The lowest BCUT2D eigenvalue weighted by molar-refractivity contribution is -0.140. The summed E-state index contributed by atoms with van der Waals surface area (Å²) in [7, 11) is -3.83. The number of carbonyl (C=O) groups excluding carboxylic acids is 2. The summed E-state index contributed by atoms with van der Waals surface area (Å²) in [6, 6.07) is 18.8. The van der Waals surface area contributed by atoms with E-state index in [1.807, 2.05) is 51.1 Å². The first-order valence-electron chi connectivity index (χ1n) is 11.6. The number of anilines is 1. The van der Waals surface area contributed by atoms with Crippen LogP contribution < -0.4 is 9.62 Å². The van der Waals surface area contributed by atoms with E-state index in [4.69, 9.17) is 11.6 Å². The molecular weight excluding hydrogens is 498 g/mol. The molecule has 2 amide bonds. The van der Waals surface area contributed by atoms with Gasteiger partial charge in [0, 0.05) is 22.5 Å². The highest BCUT2D eigenvalue weighted by Crippen LogP contribution is 2.28. The van der Waals surface area contributed by atoms with Crippen molar-refractivity contribution in [3.8, 4) is 0 Å². The van der Waals surface area contributed by atoms with Crippen molar-refractivity contribution in [3.05, 3.63) is 77.3 Å². The third-order valence-corrected chi connectivity index (χ3v) is 6.98. The number of amides is 2. The van der Waals surface area contributed by atoms with Crippen LogP contribution in [0.4, 0.5) is 5.69 Å². The van der Waals surface area contributed by atoms with Crippen LogP contribution in [0.1, 0.15) is 33.3 Å². The summed E-state index contributed by atoms with van der Waals surface area (Å²) in [5.41, 5.74) is 0.624. The Morgan fingerprint density at radius 3 is 2.28 bits per heavy atom. The molecule has 3 rings (SSSR count). The molecule has 0 unspecified atom stereocenters. The number of nitrogens with one attached hydrogen (secondary N) is 1. The monoisotopic (exact) mass is 529 g/mol. The van der Waals surface area contributed by atoms with Crippen molar-refractivity contribution in [2.24, 2.45) is 0 Å². The maximum absolute atomic E-state index is 13.7. The molecule has 0 fully saturated rings. The van der Waals surface area contributed by atoms with Gasteiger partial charge in [0.2, 0.25) is 21.8 Å². The maximum atomic E-state index is 13.7. The Kier molecular flexibility index (Phi) is 8.31. The van der Waals surface area contributed by atoms with E-state index in [1.165, 1.54) is 4.90 Å².